The smallest absolute Gasteiger partial charge is 0.136 e. The van der Waals surface area contributed by atoms with Crippen molar-refractivity contribution in [1.82, 2.24) is 4.57 Å². The Morgan fingerprint density at radius 3 is 1.84 bits per heavy atom. The summed E-state index contributed by atoms with van der Waals surface area (Å²) >= 11 is 0. The molecule has 0 amide bonds. The summed E-state index contributed by atoms with van der Waals surface area (Å²) in [6, 6.07) is 61.1. The Morgan fingerprint density at radius 2 is 1.06 bits per heavy atom. The van der Waals surface area contributed by atoms with E-state index in [9.17, 15) is 0 Å². The van der Waals surface area contributed by atoms with Crippen LogP contribution in [-0.2, 0) is 6.42 Å². The lowest BCUT2D eigenvalue weighted by atomic mass is 9.91. The van der Waals surface area contributed by atoms with Crippen LogP contribution in [0.1, 0.15) is 23.2 Å². The third-order valence-corrected chi connectivity index (χ3v) is 10.4. The summed E-state index contributed by atoms with van der Waals surface area (Å²) < 4.78 is 8.64. The molecule has 10 rings (SSSR count). The van der Waals surface area contributed by atoms with Gasteiger partial charge in [-0.15, -0.1) is 0 Å². The highest BCUT2D eigenvalue weighted by Crippen LogP contribution is 2.41. The maximum absolute atomic E-state index is 6.16. The van der Waals surface area contributed by atoms with Crippen molar-refractivity contribution >= 4 is 44.5 Å². The standard InChI is InChI=1S/C48H33NO/c1-3-10-32(11-4-1)37-24-28-44-42(30-37)43-31-38(33-12-5-2-6-13-33)25-29-45(43)49(44)39-26-22-35(23-27-39)34-18-20-36(21-19-34)40-15-9-17-47-48(40)41-14-7-8-16-46(41)50-47/h1-24,26-28,30-31H,25,29H2. The minimum atomic E-state index is 0.922. The Hall–Kier alpha value is -6.38. The summed E-state index contributed by atoms with van der Waals surface area (Å²) in [4.78, 5) is 0. The van der Waals surface area contributed by atoms with Crippen LogP contribution >= 0.6 is 0 Å². The molecular formula is C48H33NO. The summed E-state index contributed by atoms with van der Waals surface area (Å²) in [7, 11) is 0. The third kappa shape index (κ3) is 4.72. The molecule has 2 nitrogen and oxygen atoms in total. The molecule has 236 valence electrons. The minimum absolute atomic E-state index is 0.922. The number of nitrogens with zero attached hydrogens (tertiary/aromatic N) is 1. The molecule has 2 heteroatoms. The van der Waals surface area contributed by atoms with E-state index < -0.39 is 0 Å². The van der Waals surface area contributed by atoms with E-state index in [0.29, 0.717) is 0 Å². The van der Waals surface area contributed by atoms with E-state index in [1.165, 1.54) is 77.8 Å². The molecule has 0 saturated carbocycles. The monoisotopic (exact) mass is 639 g/mol. The van der Waals surface area contributed by atoms with Gasteiger partial charge >= 0.3 is 0 Å². The van der Waals surface area contributed by atoms with E-state index in [-0.39, 0.29) is 0 Å². The van der Waals surface area contributed by atoms with Gasteiger partial charge in [-0.05, 0) is 99.8 Å². The number of para-hydroxylation sites is 1. The number of hydrogen-bond donors (Lipinski definition) is 0. The first-order chi connectivity index (χ1) is 24.8. The lowest BCUT2D eigenvalue weighted by molar-refractivity contribution is 0.669. The van der Waals surface area contributed by atoms with Crippen LogP contribution in [0.15, 0.2) is 174 Å². The van der Waals surface area contributed by atoms with Gasteiger partial charge in [0.25, 0.3) is 0 Å². The number of aromatic nitrogens is 1. The van der Waals surface area contributed by atoms with Gasteiger partial charge in [-0.2, -0.15) is 0 Å². The largest absolute Gasteiger partial charge is 0.456 e. The van der Waals surface area contributed by atoms with Crippen LogP contribution in [0.4, 0.5) is 0 Å². The maximum atomic E-state index is 6.16. The first-order valence-electron chi connectivity index (χ1n) is 17.4. The second-order valence-corrected chi connectivity index (χ2v) is 13.2. The van der Waals surface area contributed by atoms with Crippen molar-refractivity contribution in [1.29, 1.82) is 0 Å². The molecule has 50 heavy (non-hydrogen) atoms. The molecule has 0 N–H and O–H groups in total. The van der Waals surface area contributed by atoms with E-state index in [0.717, 1.165) is 29.4 Å². The lowest BCUT2D eigenvalue weighted by Crippen LogP contribution is -2.05. The van der Waals surface area contributed by atoms with Crippen molar-refractivity contribution in [3.63, 3.8) is 0 Å². The Balaban J connectivity index is 1.03. The van der Waals surface area contributed by atoms with Gasteiger partial charge < -0.3 is 8.98 Å². The van der Waals surface area contributed by atoms with Crippen LogP contribution in [0.5, 0.6) is 0 Å². The fourth-order valence-electron chi connectivity index (χ4n) is 7.92. The Morgan fingerprint density at radius 1 is 0.440 bits per heavy atom. The van der Waals surface area contributed by atoms with Gasteiger partial charge in [0, 0.05) is 33.1 Å². The van der Waals surface area contributed by atoms with Gasteiger partial charge in [-0.3, -0.25) is 0 Å². The Kier molecular flexibility index (Phi) is 6.67. The summed E-state index contributed by atoms with van der Waals surface area (Å²) in [6.07, 6.45) is 4.45. The second-order valence-electron chi connectivity index (χ2n) is 13.2. The molecular weight excluding hydrogens is 607 g/mol. The molecule has 0 unspecified atom stereocenters. The average molecular weight is 640 g/mol. The van der Waals surface area contributed by atoms with Gasteiger partial charge in [-0.1, -0.05) is 133 Å². The zero-order chi connectivity index (χ0) is 33.0. The molecule has 0 aliphatic heterocycles. The van der Waals surface area contributed by atoms with Crippen LogP contribution in [0.25, 0.3) is 83.6 Å². The average Bonchev–Trinajstić information content (AvgIpc) is 3.74. The van der Waals surface area contributed by atoms with Gasteiger partial charge in [0.15, 0.2) is 0 Å². The van der Waals surface area contributed by atoms with E-state index in [1.54, 1.807) is 0 Å². The van der Waals surface area contributed by atoms with Crippen molar-refractivity contribution in [3.8, 4) is 39.1 Å². The molecule has 2 heterocycles. The first kappa shape index (κ1) is 28.6. The molecule has 1 aliphatic rings. The summed E-state index contributed by atoms with van der Waals surface area (Å²) in [5.74, 6) is 0. The Bertz CT molecular complexity index is 2710. The molecule has 0 bridgehead atoms. The topological polar surface area (TPSA) is 18.1 Å². The highest BCUT2D eigenvalue weighted by molar-refractivity contribution is 6.12. The number of fused-ring (bicyclic) bond motifs is 6. The molecule has 0 atom stereocenters. The van der Waals surface area contributed by atoms with E-state index >= 15 is 0 Å². The molecule has 0 spiro atoms. The predicted molar refractivity (Wildman–Crippen MR) is 209 cm³/mol. The lowest BCUT2D eigenvalue weighted by Gasteiger charge is -2.18. The van der Waals surface area contributed by atoms with Crippen LogP contribution < -0.4 is 0 Å². The molecule has 9 aromatic rings. The van der Waals surface area contributed by atoms with Gasteiger partial charge in [0.1, 0.15) is 11.2 Å². The molecule has 1 aliphatic carbocycles. The quantitative estimate of drug-likeness (QED) is 0.183. The van der Waals surface area contributed by atoms with E-state index in [1.807, 2.05) is 12.1 Å². The fraction of sp³-hybridized carbons (Fsp3) is 0.0417. The SMILES string of the molecule is C1=C(c2ccccc2)CCc2c1c1cc(-c3ccccc3)ccc1n2-c1ccc(-c2ccc(-c3cccc4oc5ccccc5c34)cc2)cc1. The van der Waals surface area contributed by atoms with Gasteiger partial charge in [0.05, 0.1) is 5.52 Å². The summed E-state index contributed by atoms with van der Waals surface area (Å²) in [5, 5.41) is 3.62. The Labute approximate surface area is 291 Å². The minimum Gasteiger partial charge on any atom is -0.456 e. The van der Waals surface area contributed by atoms with Crippen LogP contribution in [-0.4, -0.2) is 4.57 Å². The van der Waals surface area contributed by atoms with Gasteiger partial charge in [0.2, 0.25) is 0 Å². The zero-order valence-electron chi connectivity index (χ0n) is 27.5. The summed E-state index contributed by atoms with van der Waals surface area (Å²) in [6.45, 7) is 0. The van der Waals surface area contributed by atoms with Crippen LogP contribution in [0.3, 0.4) is 0 Å². The molecule has 0 fully saturated rings. The first-order valence-corrected chi connectivity index (χ1v) is 17.4. The number of benzene rings is 7. The van der Waals surface area contributed by atoms with Crippen molar-refractivity contribution in [2.45, 2.75) is 12.8 Å². The molecule has 0 saturated heterocycles. The van der Waals surface area contributed by atoms with E-state index in [2.05, 4.69) is 168 Å². The van der Waals surface area contributed by atoms with Crippen molar-refractivity contribution < 1.29 is 4.42 Å². The highest BCUT2D eigenvalue weighted by atomic mass is 16.3. The summed E-state index contributed by atoms with van der Waals surface area (Å²) in [5.41, 5.74) is 17.0. The van der Waals surface area contributed by atoms with Crippen molar-refractivity contribution in [3.05, 3.63) is 187 Å². The number of allylic oxidation sites excluding steroid dienone is 1. The highest BCUT2D eigenvalue weighted by Gasteiger charge is 2.22. The fourth-order valence-corrected chi connectivity index (χ4v) is 7.92. The zero-order valence-corrected chi connectivity index (χ0v) is 27.5. The van der Waals surface area contributed by atoms with Crippen LogP contribution in [0, 0.1) is 0 Å². The number of hydrogen-bond acceptors (Lipinski definition) is 1. The second kappa shape index (κ2) is 11.6. The van der Waals surface area contributed by atoms with Crippen molar-refractivity contribution in [2.75, 3.05) is 0 Å². The maximum Gasteiger partial charge on any atom is 0.136 e. The number of rotatable bonds is 5. The predicted octanol–water partition coefficient (Wildman–Crippen LogP) is 13.0. The third-order valence-electron chi connectivity index (χ3n) is 10.4. The van der Waals surface area contributed by atoms with E-state index in [4.69, 9.17) is 4.42 Å². The normalized spacial score (nSPS) is 12.8. The molecule has 2 aromatic heterocycles. The van der Waals surface area contributed by atoms with Gasteiger partial charge in [-0.25, -0.2) is 0 Å². The molecule has 0 radical (unpaired) electrons. The number of furan rings is 1. The van der Waals surface area contributed by atoms with Crippen LogP contribution in [0.2, 0.25) is 0 Å². The molecule has 7 aromatic carbocycles. The van der Waals surface area contributed by atoms with Crippen molar-refractivity contribution in [2.24, 2.45) is 0 Å².